The van der Waals surface area contributed by atoms with E-state index >= 15 is 0 Å². The third kappa shape index (κ3) is 4.57. The molecule has 3 aromatic rings. The van der Waals surface area contributed by atoms with Crippen LogP contribution in [0.2, 0.25) is 0 Å². The number of hydrogen-bond acceptors (Lipinski definition) is 5. The number of ether oxygens (including phenoxy) is 2. The van der Waals surface area contributed by atoms with Crippen LogP contribution in [0.15, 0.2) is 56.1 Å². The normalized spacial score (nSPS) is 10.8. The number of esters is 1. The van der Waals surface area contributed by atoms with Crippen LogP contribution >= 0.6 is 15.9 Å². The van der Waals surface area contributed by atoms with E-state index in [-0.39, 0.29) is 25.4 Å². The molecule has 140 valence electrons. The van der Waals surface area contributed by atoms with Gasteiger partial charge in [-0.15, -0.1) is 0 Å². The summed E-state index contributed by atoms with van der Waals surface area (Å²) >= 11 is 3.36. The highest BCUT2D eigenvalue weighted by Crippen LogP contribution is 2.24. The molecular formula is C21H19BrO5. The summed E-state index contributed by atoms with van der Waals surface area (Å²) in [6, 6.07) is 12.9. The molecule has 27 heavy (non-hydrogen) atoms. The summed E-state index contributed by atoms with van der Waals surface area (Å²) in [5.41, 5.74) is 2.24. The lowest BCUT2D eigenvalue weighted by Gasteiger charge is -2.09. The minimum atomic E-state index is -0.436. The topological polar surface area (TPSA) is 65.7 Å². The van der Waals surface area contributed by atoms with Crippen molar-refractivity contribution in [2.75, 3.05) is 7.11 Å². The fourth-order valence-electron chi connectivity index (χ4n) is 2.83. The Morgan fingerprint density at radius 3 is 2.59 bits per heavy atom. The Morgan fingerprint density at radius 1 is 1.15 bits per heavy atom. The van der Waals surface area contributed by atoms with Gasteiger partial charge < -0.3 is 13.9 Å². The summed E-state index contributed by atoms with van der Waals surface area (Å²) < 4.78 is 16.8. The van der Waals surface area contributed by atoms with E-state index in [2.05, 4.69) is 15.9 Å². The molecule has 2 aromatic carbocycles. The van der Waals surface area contributed by atoms with E-state index in [1.165, 1.54) is 0 Å². The van der Waals surface area contributed by atoms with E-state index < -0.39 is 5.63 Å². The highest BCUT2D eigenvalue weighted by molar-refractivity contribution is 9.10. The lowest BCUT2D eigenvalue weighted by molar-refractivity contribution is -0.144. The van der Waals surface area contributed by atoms with Crippen molar-refractivity contribution < 1.29 is 18.7 Å². The Bertz CT molecular complexity index is 1020. The number of carbonyl (C=O) groups excluding carboxylic acids is 1. The maximum absolute atomic E-state index is 12.3. The summed E-state index contributed by atoms with van der Waals surface area (Å²) in [6.07, 6.45) is 0.388. The molecule has 0 saturated heterocycles. The molecule has 0 saturated carbocycles. The lowest BCUT2D eigenvalue weighted by atomic mass is 10.0. The number of methoxy groups -OCH3 is 1. The standard InChI is InChI=1S/C21H19BrO5/c1-13-17-8-7-16(25-2)11-19(17)27-21(24)18(13)9-10-20(23)26-12-14-3-5-15(22)6-4-14/h3-8,11H,9-10,12H2,1-2H3. The maximum atomic E-state index is 12.3. The molecule has 3 rings (SSSR count). The van der Waals surface area contributed by atoms with Crippen molar-refractivity contribution in [3.8, 4) is 5.75 Å². The molecule has 0 atom stereocenters. The molecule has 5 nitrogen and oxygen atoms in total. The zero-order valence-corrected chi connectivity index (χ0v) is 16.7. The molecular weight excluding hydrogens is 412 g/mol. The zero-order chi connectivity index (χ0) is 19.4. The van der Waals surface area contributed by atoms with Crippen LogP contribution in [0, 0.1) is 6.92 Å². The predicted octanol–water partition coefficient (Wildman–Crippen LogP) is 4.55. The maximum Gasteiger partial charge on any atom is 0.339 e. The van der Waals surface area contributed by atoms with Crippen molar-refractivity contribution >= 4 is 32.9 Å². The highest BCUT2D eigenvalue weighted by atomic mass is 79.9. The zero-order valence-electron chi connectivity index (χ0n) is 15.1. The predicted molar refractivity (Wildman–Crippen MR) is 106 cm³/mol. The Hall–Kier alpha value is -2.60. The van der Waals surface area contributed by atoms with E-state index in [0.717, 1.165) is 21.0 Å². The average molecular weight is 431 g/mol. The molecule has 0 radical (unpaired) electrons. The second-order valence-electron chi connectivity index (χ2n) is 6.14. The number of hydrogen-bond donors (Lipinski definition) is 0. The van der Waals surface area contributed by atoms with Crippen molar-refractivity contribution in [3.63, 3.8) is 0 Å². The largest absolute Gasteiger partial charge is 0.497 e. The van der Waals surface area contributed by atoms with E-state index in [0.29, 0.717) is 16.9 Å². The molecule has 6 heteroatoms. The molecule has 0 aliphatic rings. The van der Waals surface area contributed by atoms with Gasteiger partial charge in [-0.05, 0) is 48.7 Å². The summed E-state index contributed by atoms with van der Waals surface area (Å²) in [5.74, 6) is 0.265. The summed E-state index contributed by atoms with van der Waals surface area (Å²) in [5, 5.41) is 0.827. The molecule has 0 spiro atoms. The van der Waals surface area contributed by atoms with Gasteiger partial charge in [-0.25, -0.2) is 4.79 Å². The van der Waals surface area contributed by atoms with Crippen LogP contribution in [-0.2, 0) is 22.6 Å². The van der Waals surface area contributed by atoms with Crippen LogP contribution < -0.4 is 10.4 Å². The first-order valence-electron chi connectivity index (χ1n) is 8.48. The second-order valence-corrected chi connectivity index (χ2v) is 7.06. The van der Waals surface area contributed by atoms with E-state index in [1.54, 1.807) is 13.2 Å². The summed E-state index contributed by atoms with van der Waals surface area (Å²) in [4.78, 5) is 24.4. The monoisotopic (exact) mass is 430 g/mol. The first-order chi connectivity index (χ1) is 13.0. The third-order valence-corrected chi connectivity index (χ3v) is 4.92. The first-order valence-corrected chi connectivity index (χ1v) is 9.27. The van der Waals surface area contributed by atoms with Crippen LogP contribution in [0.3, 0.4) is 0 Å². The van der Waals surface area contributed by atoms with E-state index in [4.69, 9.17) is 13.9 Å². The molecule has 0 amide bonds. The molecule has 0 N–H and O–H groups in total. The van der Waals surface area contributed by atoms with Crippen molar-refractivity contribution in [1.82, 2.24) is 0 Å². The van der Waals surface area contributed by atoms with Crippen LogP contribution in [0.5, 0.6) is 5.75 Å². The fourth-order valence-corrected chi connectivity index (χ4v) is 3.10. The van der Waals surface area contributed by atoms with Gasteiger partial charge in [-0.3, -0.25) is 4.79 Å². The molecule has 0 aliphatic heterocycles. The Morgan fingerprint density at radius 2 is 1.89 bits per heavy atom. The first kappa shape index (κ1) is 19.2. The van der Waals surface area contributed by atoms with Gasteiger partial charge in [0.2, 0.25) is 0 Å². The quantitative estimate of drug-likeness (QED) is 0.423. The van der Waals surface area contributed by atoms with Gasteiger partial charge in [0.15, 0.2) is 0 Å². The smallest absolute Gasteiger partial charge is 0.339 e. The van der Waals surface area contributed by atoms with Crippen molar-refractivity contribution in [1.29, 1.82) is 0 Å². The number of fused-ring (bicyclic) bond motifs is 1. The average Bonchev–Trinajstić information content (AvgIpc) is 2.66. The lowest BCUT2D eigenvalue weighted by Crippen LogP contribution is -2.13. The Labute approximate surface area is 165 Å². The van der Waals surface area contributed by atoms with E-state index in [9.17, 15) is 9.59 Å². The van der Waals surface area contributed by atoms with Crippen molar-refractivity contribution in [2.24, 2.45) is 0 Å². The summed E-state index contributed by atoms with van der Waals surface area (Å²) in [6.45, 7) is 2.06. The second kappa shape index (κ2) is 8.39. The van der Waals surface area contributed by atoms with Crippen LogP contribution in [0.4, 0.5) is 0 Å². The number of benzene rings is 2. The van der Waals surface area contributed by atoms with Gasteiger partial charge in [-0.1, -0.05) is 28.1 Å². The van der Waals surface area contributed by atoms with E-state index in [1.807, 2.05) is 43.3 Å². The minimum absolute atomic E-state index is 0.115. The number of aryl methyl sites for hydroxylation is 1. The Balaban J connectivity index is 1.68. The number of halogens is 1. The highest BCUT2D eigenvalue weighted by Gasteiger charge is 2.14. The fraction of sp³-hybridized carbons (Fsp3) is 0.238. The molecule has 0 fully saturated rings. The van der Waals surface area contributed by atoms with Crippen LogP contribution in [0.25, 0.3) is 11.0 Å². The molecule has 0 unspecified atom stereocenters. The van der Waals surface area contributed by atoms with Gasteiger partial charge in [-0.2, -0.15) is 0 Å². The molecule has 0 bridgehead atoms. The summed E-state index contributed by atoms with van der Waals surface area (Å²) in [7, 11) is 1.56. The van der Waals surface area contributed by atoms with Gasteiger partial charge in [0.05, 0.1) is 7.11 Å². The van der Waals surface area contributed by atoms with Gasteiger partial charge >= 0.3 is 11.6 Å². The van der Waals surface area contributed by atoms with Gasteiger partial charge in [0, 0.05) is 27.9 Å². The van der Waals surface area contributed by atoms with Crippen molar-refractivity contribution in [2.45, 2.75) is 26.4 Å². The minimum Gasteiger partial charge on any atom is -0.497 e. The SMILES string of the molecule is COc1ccc2c(C)c(CCC(=O)OCc3ccc(Br)cc3)c(=O)oc2c1. The van der Waals surface area contributed by atoms with Gasteiger partial charge in [0.25, 0.3) is 0 Å². The third-order valence-electron chi connectivity index (χ3n) is 4.39. The molecule has 0 aliphatic carbocycles. The van der Waals surface area contributed by atoms with Crippen LogP contribution in [-0.4, -0.2) is 13.1 Å². The number of rotatable bonds is 6. The van der Waals surface area contributed by atoms with Crippen molar-refractivity contribution in [3.05, 3.63) is 74.0 Å². The molecule has 1 aromatic heterocycles. The van der Waals surface area contributed by atoms with Gasteiger partial charge in [0.1, 0.15) is 17.9 Å². The Kier molecular flexibility index (Phi) is 5.96. The van der Waals surface area contributed by atoms with Crippen LogP contribution in [0.1, 0.15) is 23.1 Å². The number of carbonyl (C=O) groups is 1. The molecule has 1 heterocycles.